The number of ether oxygens (including phenoxy) is 1. The maximum Gasteiger partial charge on any atom is 0.504 e. The SMILES string of the molecule is CCO[Si](CCOC(=O)CCN1CCCN(CCC(=O)O)CCN(CCC(=O)O)CCCN(CCC(=O)O)CC1)(OCC)OCC. The van der Waals surface area contributed by atoms with Crippen molar-refractivity contribution in [1.29, 1.82) is 0 Å². The molecule has 3 N–H and O–H groups in total. The summed E-state index contributed by atoms with van der Waals surface area (Å²) in [5.41, 5.74) is 0. The Balaban J connectivity index is 2.89. The van der Waals surface area contributed by atoms with Crippen molar-refractivity contribution in [3.63, 3.8) is 0 Å². The van der Waals surface area contributed by atoms with Crippen LogP contribution in [0.4, 0.5) is 0 Å². The molecular weight excluding hydrogens is 620 g/mol. The Bertz CT molecular complexity index is 869. The average molecular weight is 679 g/mol. The molecule has 46 heavy (non-hydrogen) atoms. The van der Waals surface area contributed by atoms with E-state index in [1.165, 1.54) is 0 Å². The number of esters is 1. The van der Waals surface area contributed by atoms with E-state index in [-0.39, 0.29) is 38.3 Å². The molecule has 268 valence electrons. The van der Waals surface area contributed by atoms with Crippen LogP contribution in [-0.4, -0.2) is 173 Å². The Morgan fingerprint density at radius 1 is 0.543 bits per heavy atom. The third-order valence-electron chi connectivity index (χ3n) is 7.68. The Labute approximate surface area is 275 Å². The zero-order valence-electron chi connectivity index (χ0n) is 28.2. The largest absolute Gasteiger partial charge is 0.504 e. The van der Waals surface area contributed by atoms with Gasteiger partial charge in [-0.3, -0.25) is 19.2 Å². The van der Waals surface area contributed by atoms with Gasteiger partial charge in [0.2, 0.25) is 0 Å². The highest BCUT2D eigenvalue weighted by Gasteiger charge is 2.40. The molecule has 0 aromatic heterocycles. The molecule has 0 aromatic rings. The Morgan fingerprint density at radius 2 is 0.870 bits per heavy atom. The van der Waals surface area contributed by atoms with Crippen LogP contribution in [0.2, 0.25) is 6.04 Å². The lowest BCUT2D eigenvalue weighted by atomic mass is 10.2. The minimum atomic E-state index is -2.92. The third kappa shape index (κ3) is 20.1. The van der Waals surface area contributed by atoms with Crippen molar-refractivity contribution in [2.75, 3.05) is 105 Å². The molecule has 1 fully saturated rings. The van der Waals surface area contributed by atoms with Crippen LogP contribution < -0.4 is 0 Å². The lowest BCUT2D eigenvalue weighted by Gasteiger charge is -2.31. The number of carbonyl (C=O) groups is 4. The summed E-state index contributed by atoms with van der Waals surface area (Å²) in [5, 5.41) is 27.7. The summed E-state index contributed by atoms with van der Waals surface area (Å²) in [5.74, 6) is -2.94. The first-order valence-electron chi connectivity index (χ1n) is 16.6. The van der Waals surface area contributed by atoms with E-state index in [1.54, 1.807) is 0 Å². The quantitative estimate of drug-likeness (QED) is 0.117. The highest BCUT2D eigenvalue weighted by Crippen LogP contribution is 2.16. The predicted molar refractivity (Wildman–Crippen MR) is 173 cm³/mol. The number of nitrogens with zero attached hydrogens (tertiary/aromatic N) is 4. The predicted octanol–water partition coefficient (Wildman–Crippen LogP) is 1.39. The van der Waals surface area contributed by atoms with Crippen molar-refractivity contribution in [1.82, 2.24) is 19.6 Å². The van der Waals surface area contributed by atoms with Gasteiger partial charge in [0, 0.05) is 72.2 Å². The average Bonchev–Trinajstić information content (AvgIpc) is 2.99. The number of rotatable bonds is 21. The van der Waals surface area contributed by atoms with Gasteiger partial charge in [-0.1, -0.05) is 0 Å². The molecule has 0 spiro atoms. The van der Waals surface area contributed by atoms with Crippen LogP contribution in [0.3, 0.4) is 0 Å². The molecule has 0 bridgehead atoms. The molecule has 0 unspecified atom stereocenters. The molecule has 1 aliphatic rings. The number of carboxylic acid groups (broad SMARTS) is 3. The summed E-state index contributed by atoms with van der Waals surface area (Å²) in [7, 11) is -2.92. The Hall–Kier alpha value is -2.18. The second-order valence-corrected chi connectivity index (χ2v) is 13.9. The first-order valence-corrected chi connectivity index (χ1v) is 18.6. The summed E-state index contributed by atoms with van der Waals surface area (Å²) in [6.07, 6.45) is 1.71. The fourth-order valence-electron chi connectivity index (χ4n) is 5.32. The van der Waals surface area contributed by atoms with Crippen LogP contribution in [-0.2, 0) is 37.2 Å². The van der Waals surface area contributed by atoms with E-state index in [4.69, 9.17) is 18.0 Å². The lowest BCUT2D eigenvalue weighted by molar-refractivity contribution is -0.144. The molecule has 0 radical (unpaired) electrons. The highest BCUT2D eigenvalue weighted by atomic mass is 28.4. The van der Waals surface area contributed by atoms with E-state index in [2.05, 4.69) is 19.6 Å². The molecule has 1 saturated heterocycles. The van der Waals surface area contributed by atoms with E-state index < -0.39 is 26.7 Å². The second kappa shape index (κ2) is 24.9. The van der Waals surface area contributed by atoms with Crippen molar-refractivity contribution in [2.45, 2.75) is 65.3 Å². The van der Waals surface area contributed by atoms with Crippen LogP contribution in [0.15, 0.2) is 0 Å². The third-order valence-corrected chi connectivity index (χ3v) is 10.7. The second-order valence-electron chi connectivity index (χ2n) is 11.2. The summed E-state index contributed by atoms with van der Waals surface area (Å²) in [6, 6.07) is 0.371. The lowest BCUT2D eigenvalue weighted by Crippen LogP contribution is -2.47. The van der Waals surface area contributed by atoms with Gasteiger partial charge in [0.1, 0.15) is 0 Å². The summed E-state index contributed by atoms with van der Waals surface area (Å²) in [6.45, 7) is 13.8. The van der Waals surface area contributed by atoms with Crippen LogP contribution >= 0.6 is 0 Å². The maximum absolute atomic E-state index is 12.7. The van der Waals surface area contributed by atoms with Crippen molar-refractivity contribution in [2.24, 2.45) is 0 Å². The van der Waals surface area contributed by atoms with Gasteiger partial charge < -0.3 is 52.9 Å². The van der Waals surface area contributed by atoms with Crippen LogP contribution in [0.1, 0.15) is 59.3 Å². The van der Waals surface area contributed by atoms with Crippen LogP contribution in [0.5, 0.6) is 0 Å². The van der Waals surface area contributed by atoms with E-state index in [1.807, 2.05) is 20.8 Å². The van der Waals surface area contributed by atoms with Gasteiger partial charge in [0.15, 0.2) is 0 Å². The van der Waals surface area contributed by atoms with Crippen molar-refractivity contribution in [3.8, 4) is 0 Å². The first kappa shape index (κ1) is 41.8. The fraction of sp³-hybridized carbons (Fsp3) is 0.867. The highest BCUT2D eigenvalue weighted by molar-refractivity contribution is 6.60. The number of hydrogen-bond acceptors (Lipinski definition) is 12. The van der Waals surface area contributed by atoms with Crippen molar-refractivity contribution < 1.29 is 52.5 Å². The molecule has 0 aromatic carbocycles. The molecule has 1 rings (SSSR count). The van der Waals surface area contributed by atoms with Crippen molar-refractivity contribution >= 4 is 32.7 Å². The van der Waals surface area contributed by atoms with Gasteiger partial charge >= 0.3 is 32.7 Å². The van der Waals surface area contributed by atoms with E-state index >= 15 is 0 Å². The maximum atomic E-state index is 12.7. The molecule has 0 amide bonds. The minimum Gasteiger partial charge on any atom is -0.481 e. The van der Waals surface area contributed by atoms with Crippen LogP contribution in [0, 0.1) is 0 Å². The molecular formula is C30H58N4O11Si. The van der Waals surface area contributed by atoms with E-state index in [9.17, 15) is 34.5 Å². The van der Waals surface area contributed by atoms with Gasteiger partial charge in [0.25, 0.3) is 0 Å². The zero-order chi connectivity index (χ0) is 34.2. The minimum absolute atomic E-state index is 0.0171. The Kier molecular flexibility index (Phi) is 22.7. The standard InChI is InChI=1S/C30H58N4O11Si/c1-4-43-46(44-5-2,45-6-3)26-25-42-30(41)12-20-34-16-8-15-32(18-10-28(37)38)22-21-31(17-9-27(35)36)13-7-14-33(23-24-34)19-11-29(39)40/h4-26H2,1-3H3,(H,35,36)(H,37,38)(H,39,40). The summed E-state index contributed by atoms with van der Waals surface area (Å²) >= 11 is 0. The van der Waals surface area contributed by atoms with E-state index in [0.717, 1.165) is 12.8 Å². The number of carbonyl (C=O) groups excluding carboxylic acids is 1. The first-order chi connectivity index (χ1) is 22.0. The molecule has 0 saturated carbocycles. The van der Waals surface area contributed by atoms with Crippen LogP contribution in [0.25, 0.3) is 0 Å². The topological polar surface area (TPSA) is 179 Å². The molecule has 1 heterocycles. The molecule has 16 heteroatoms. The zero-order valence-corrected chi connectivity index (χ0v) is 29.2. The fourth-order valence-corrected chi connectivity index (χ4v) is 7.67. The summed E-state index contributed by atoms with van der Waals surface area (Å²) < 4.78 is 23.0. The van der Waals surface area contributed by atoms with Gasteiger partial charge in [0.05, 0.1) is 38.3 Å². The van der Waals surface area contributed by atoms with Gasteiger partial charge in [-0.15, -0.1) is 0 Å². The number of aliphatic carboxylic acids is 3. The van der Waals surface area contributed by atoms with Gasteiger partial charge in [-0.2, -0.15) is 0 Å². The van der Waals surface area contributed by atoms with Gasteiger partial charge in [-0.05, 0) is 59.8 Å². The van der Waals surface area contributed by atoms with E-state index in [0.29, 0.717) is 104 Å². The van der Waals surface area contributed by atoms with Crippen molar-refractivity contribution in [3.05, 3.63) is 0 Å². The monoisotopic (exact) mass is 678 g/mol. The number of hydrogen-bond donors (Lipinski definition) is 3. The number of carboxylic acids is 3. The Morgan fingerprint density at radius 3 is 1.17 bits per heavy atom. The molecule has 0 atom stereocenters. The van der Waals surface area contributed by atoms with Gasteiger partial charge in [-0.25, -0.2) is 0 Å². The summed E-state index contributed by atoms with van der Waals surface area (Å²) in [4.78, 5) is 55.0. The normalized spacial score (nSPS) is 17.4. The molecule has 0 aliphatic carbocycles. The smallest absolute Gasteiger partial charge is 0.481 e. The molecule has 1 aliphatic heterocycles. The molecule has 15 nitrogen and oxygen atoms in total.